The summed E-state index contributed by atoms with van der Waals surface area (Å²) in [5.41, 5.74) is 4.24. The lowest BCUT2D eigenvalue weighted by molar-refractivity contribution is 0.127. The largest absolute Gasteiger partial charge is 0.497 e. The van der Waals surface area contributed by atoms with E-state index in [2.05, 4.69) is 48.3 Å². The fourth-order valence-corrected chi connectivity index (χ4v) is 4.75. The van der Waals surface area contributed by atoms with Crippen molar-refractivity contribution >= 4 is 11.6 Å². The van der Waals surface area contributed by atoms with Gasteiger partial charge in [0, 0.05) is 17.0 Å². The van der Waals surface area contributed by atoms with Gasteiger partial charge in [-0.1, -0.05) is 29.8 Å². The lowest BCUT2D eigenvalue weighted by Gasteiger charge is -2.37. The SMILES string of the molecule is COc1ccc(C2c3cc(Cl)ccc3C3C2CCCN3C)cc1. The molecule has 2 nitrogen and oxygen atoms in total. The fourth-order valence-electron chi connectivity index (χ4n) is 4.57. The zero-order valence-electron chi connectivity index (χ0n) is 13.6. The van der Waals surface area contributed by atoms with Crippen molar-refractivity contribution in [1.29, 1.82) is 0 Å². The number of halogens is 1. The van der Waals surface area contributed by atoms with Gasteiger partial charge in [-0.25, -0.2) is 0 Å². The summed E-state index contributed by atoms with van der Waals surface area (Å²) < 4.78 is 5.31. The van der Waals surface area contributed by atoms with E-state index in [0.29, 0.717) is 17.9 Å². The van der Waals surface area contributed by atoms with Crippen LogP contribution in [0.5, 0.6) is 5.75 Å². The van der Waals surface area contributed by atoms with Crippen LogP contribution in [0.3, 0.4) is 0 Å². The van der Waals surface area contributed by atoms with Gasteiger partial charge in [0.15, 0.2) is 0 Å². The van der Waals surface area contributed by atoms with Gasteiger partial charge in [0.25, 0.3) is 0 Å². The Morgan fingerprint density at radius 1 is 1.09 bits per heavy atom. The van der Waals surface area contributed by atoms with E-state index in [4.69, 9.17) is 16.3 Å². The number of piperidine rings is 1. The maximum absolute atomic E-state index is 6.32. The van der Waals surface area contributed by atoms with Gasteiger partial charge in [0.1, 0.15) is 5.75 Å². The molecule has 1 saturated heterocycles. The molecule has 4 rings (SSSR count). The van der Waals surface area contributed by atoms with E-state index in [1.165, 1.54) is 36.1 Å². The lowest BCUT2D eigenvalue weighted by Crippen LogP contribution is -2.34. The van der Waals surface area contributed by atoms with E-state index in [0.717, 1.165) is 10.8 Å². The van der Waals surface area contributed by atoms with E-state index in [1.807, 2.05) is 6.07 Å². The summed E-state index contributed by atoms with van der Waals surface area (Å²) >= 11 is 6.32. The van der Waals surface area contributed by atoms with Crippen LogP contribution in [0.2, 0.25) is 5.02 Å². The van der Waals surface area contributed by atoms with Crippen LogP contribution in [0.15, 0.2) is 42.5 Å². The Morgan fingerprint density at radius 2 is 1.87 bits per heavy atom. The molecule has 0 spiro atoms. The van der Waals surface area contributed by atoms with Gasteiger partial charge in [-0.3, -0.25) is 4.90 Å². The topological polar surface area (TPSA) is 12.5 Å². The minimum Gasteiger partial charge on any atom is -0.497 e. The number of methoxy groups -OCH3 is 1. The second kappa shape index (κ2) is 5.85. The number of ether oxygens (including phenoxy) is 1. The molecule has 0 amide bonds. The molecule has 1 aliphatic carbocycles. The van der Waals surface area contributed by atoms with E-state index >= 15 is 0 Å². The van der Waals surface area contributed by atoms with Gasteiger partial charge in [0.05, 0.1) is 7.11 Å². The predicted octanol–water partition coefficient (Wildman–Crippen LogP) is 4.88. The maximum Gasteiger partial charge on any atom is 0.118 e. The molecule has 2 aromatic rings. The van der Waals surface area contributed by atoms with Gasteiger partial charge >= 0.3 is 0 Å². The maximum atomic E-state index is 6.32. The second-order valence-corrected chi connectivity index (χ2v) is 7.19. The molecule has 3 unspecified atom stereocenters. The molecule has 2 aromatic carbocycles. The third kappa shape index (κ3) is 2.45. The number of benzene rings is 2. The third-order valence-electron chi connectivity index (χ3n) is 5.53. The van der Waals surface area contributed by atoms with Crippen LogP contribution >= 0.6 is 11.6 Å². The molecule has 0 N–H and O–H groups in total. The Kier molecular flexibility index (Phi) is 3.82. The summed E-state index contributed by atoms with van der Waals surface area (Å²) in [6.07, 6.45) is 2.55. The smallest absolute Gasteiger partial charge is 0.118 e. The minimum absolute atomic E-state index is 0.433. The van der Waals surface area contributed by atoms with Crippen molar-refractivity contribution in [2.24, 2.45) is 5.92 Å². The van der Waals surface area contributed by atoms with Gasteiger partial charge in [-0.05, 0) is 73.3 Å². The van der Waals surface area contributed by atoms with Gasteiger partial charge in [-0.2, -0.15) is 0 Å². The Morgan fingerprint density at radius 3 is 2.61 bits per heavy atom. The second-order valence-electron chi connectivity index (χ2n) is 6.76. The van der Waals surface area contributed by atoms with E-state index in [1.54, 1.807) is 7.11 Å². The first kappa shape index (κ1) is 15.0. The highest BCUT2D eigenvalue weighted by molar-refractivity contribution is 6.30. The average molecular weight is 328 g/mol. The molecule has 1 fully saturated rings. The van der Waals surface area contributed by atoms with Crippen LogP contribution in [-0.4, -0.2) is 25.6 Å². The first-order valence-electron chi connectivity index (χ1n) is 8.32. The van der Waals surface area contributed by atoms with Crippen LogP contribution in [-0.2, 0) is 0 Å². The van der Waals surface area contributed by atoms with Crippen LogP contribution in [0.25, 0.3) is 0 Å². The Bertz CT molecular complexity index is 712. The van der Waals surface area contributed by atoms with Crippen molar-refractivity contribution in [3.05, 3.63) is 64.2 Å². The quantitative estimate of drug-likeness (QED) is 0.779. The van der Waals surface area contributed by atoms with Gasteiger partial charge in [0.2, 0.25) is 0 Å². The Hall–Kier alpha value is -1.51. The standard InChI is InChI=1S/C20H22ClNO/c1-22-11-3-4-17-19(13-5-8-15(23-2)9-6-13)18-12-14(21)7-10-16(18)20(17)22/h5-10,12,17,19-20H,3-4,11H2,1-2H3. The number of rotatable bonds is 2. The number of hydrogen-bond donors (Lipinski definition) is 0. The molecule has 3 atom stereocenters. The molecular formula is C20H22ClNO. The normalized spacial score (nSPS) is 26.7. The van der Waals surface area contributed by atoms with Gasteiger partial charge < -0.3 is 4.74 Å². The summed E-state index contributed by atoms with van der Waals surface area (Å²) in [4.78, 5) is 2.52. The molecule has 23 heavy (non-hydrogen) atoms. The van der Waals surface area contributed by atoms with Crippen molar-refractivity contribution in [1.82, 2.24) is 4.90 Å². The summed E-state index contributed by atoms with van der Waals surface area (Å²) in [5, 5.41) is 0.837. The van der Waals surface area contributed by atoms with Gasteiger partial charge in [-0.15, -0.1) is 0 Å². The zero-order valence-corrected chi connectivity index (χ0v) is 14.4. The first-order chi connectivity index (χ1) is 11.2. The number of nitrogens with zero attached hydrogens (tertiary/aromatic N) is 1. The minimum atomic E-state index is 0.433. The molecule has 0 bridgehead atoms. The van der Waals surface area contributed by atoms with Crippen molar-refractivity contribution in [3.8, 4) is 5.75 Å². The predicted molar refractivity (Wildman–Crippen MR) is 94.4 cm³/mol. The summed E-state index contributed by atoms with van der Waals surface area (Å²) in [6, 6.07) is 15.5. The molecule has 0 aromatic heterocycles. The van der Waals surface area contributed by atoms with E-state index < -0.39 is 0 Å². The van der Waals surface area contributed by atoms with Crippen molar-refractivity contribution in [2.75, 3.05) is 20.7 Å². The molecule has 1 aliphatic heterocycles. The molecule has 2 aliphatic rings. The summed E-state index contributed by atoms with van der Waals surface area (Å²) in [7, 11) is 3.97. The van der Waals surface area contributed by atoms with Crippen LogP contribution < -0.4 is 4.74 Å². The van der Waals surface area contributed by atoms with E-state index in [9.17, 15) is 0 Å². The molecule has 1 heterocycles. The number of likely N-dealkylation sites (tertiary alicyclic amines) is 1. The Labute approximate surface area is 143 Å². The van der Waals surface area contributed by atoms with Crippen molar-refractivity contribution in [3.63, 3.8) is 0 Å². The molecule has 3 heteroatoms. The average Bonchev–Trinajstić information content (AvgIpc) is 2.89. The van der Waals surface area contributed by atoms with Crippen molar-refractivity contribution in [2.45, 2.75) is 24.8 Å². The zero-order chi connectivity index (χ0) is 16.0. The summed E-state index contributed by atoms with van der Waals surface area (Å²) in [6.45, 7) is 1.18. The highest BCUT2D eigenvalue weighted by atomic mass is 35.5. The van der Waals surface area contributed by atoms with Crippen LogP contribution in [0.1, 0.15) is 41.5 Å². The number of fused-ring (bicyclic) bond motifs is 3. The third-order valence-corrected chi connectivity index (χ3v) is 5.77. The van der Waals surface area contributed by atoms with E-state index in [-0.39, 0.29) is 0 Å². The first-order valence-corrected chi connectivity index (χ1v) is 8.70. The van der Waals surface area contributed by atoms with Crippen LogP contribution in [0.4, 0.5) is 0 Å². The van der Waals surface area contributed by atoms with Crippen LogP contribution in [0, 0.1) is 5.92 Å². The molecular weight excluding hydrogens is 306 g/mol. The number of hydrogen-bond acceptors (Lipinski definition) is 2. The molecule has 0 radical (unpaired) electrons. The molecule has 120 valence electrons. The Balaban J connectivity index is 1.82. The molecule has 0 saturated carbocycles. The highest BCUT2D eigenvalue weighted by Gasteiger charge is 2.44. The highest BCUT2D eigenvalue weighted by Crippen LogP contribution is 2.54. The lowest BCUT2D eigenvalue weighted by atomic mass is 9.80. The monoisotopic (exact) mass is 327 g/mol. The van der Waals surface area contributed by atoms with Crippen molar-refractivity contribution < 1.29 is 4.74 Å². The summed E-state index contributed by atoms with van der Waals surface area (Å²) in [5.74, 6) is 1.98. The fraction of sp³-hybridized carbons (Fsp3) is 0.400.